The number of hydrogen-bond donors (Lipinski definition) is 2. The number of nitrogens with zero attached hydrogens (tertiary/aromatic N) is 1. The number of ether oxygens (including phenoxy) is 1. The van der Waals surface area contributed by atoms with E-state index in [-0.39, 0.29) is 24.7 Å². The van der Waals surface area contributed by atoms with Gasteiger partial charge >= 0.3 is 0 Å². The van der Waals surface area contributed by atoms with E-state index in [0.29, 0.717) is 39.5 Å². The third kappa shape index (κ3) is 8.58. The Bertz CT molecular complexity index is 1230. The molecule has 0 bridgehead atoms. The van der Waals surface area contributed by atoms with Crippen LogP contribution in [0.25, 0.3) is 0 Å². The highest BCUT2D eigenvalue weighted by Gasteiger charge is 2.08. The van der Waals surface area contributed by atoms with Crippen molar-refractivity contribution in [2.24, 2.45) is 5.10 Å². The van der Waals surface area contributed by atoms with Gasteiger partial charge < -0.3 is 10.1 Å². The Kier molecular flexibility index (Phi) is 9.97. The topological polar surface area (TPSA) is 79.8 Å². The Morgan fingerprint density at radius 1 is 0.914 bits per heavy atom. The highest BCUT2D eigenvalue weighted by molar-refractivity contribution is 6.42. The number of anilines is 1. The fourth-order valence-corrected chi connectivity index (χ4v) is 3.58. The highest BCUT2D eigenvalue weighted by Crippen LogP contribution is 2.24. The molecule has 3 aromatic carbocycles. The number of hydrogen-bond acceptors (Lipinski definition) is 4. The number of halogens is 3. The van der Waals surface area contributed by atoms with Gasteiger partial charge in [0, 0.05) is 23.6 Å². The fraction of sp³-hybridized carbons (Fsp3) is 0.192. The maximum atomic E-state index is 12.1. The zero-order chi connectivity index (χ0) is 25.2. The molecule has 0 aliphatic rings. The number of nitrogens with one attached hydrogen (secondary N) is 2. The quantitative estimate of drug-likeness (QED) is 0.223. The molecule has 0 radical (unpaired) electrons. The molecule has 0 aromatic heterocycles. The van der Waals surface area contributed by atoms with Crippen LogP contribution in [-0.4, -0.2) is 18.0 Å². The molecule has 0 atom stereocenters. The van der Waals surface area contributed by atoms with Gasteiger partial charge in [-0.2, -0.15) is 5.10 Å². The Morgan fingerprint density at radius 2 is 1.69 bits per heavy atom. The van der Waals surface area contributed by atoms with Crippen molar-refractivity contribution >= 4 is 58.5 Å². The van der Waals surface area contributed by atoms with Crippen LogP contribution in [0.1, 0.15) is 36.0 Å². The first kappa shape index (κ1) is 26.5. The van der Waals surface area contributed by atoms with Gasteiger partial charge in [-0.05, 0) is 66.4 Å². The van der Waals surface area contributed by atoms with Gasteiger partial charge in [-0.25, -0.2) is 5.43 Å². The molecule has 0 spiro atoms. The molecule has 6 nitrogen and oxygen atoms in total. The van der Waals surface area contributed by atoms with Gasteiger partial charge in [-0.15, -0.1) is 0 Å². The average molecular weight is 533 g/mol. The Balaban J connectivity index is 1.40. The van der Waals surface area contributed by atoms with E-state index >= 15 is 0 Å². The number of rotatable bonds is 10. The van der Waals surface area contributed by atoms with Crippen LogP contribution in [0.3, 0.4) is 0 Å². The van der Waals surface area contributed by atoms with Crippen molar-refractivity contribution in [1.82, 2.24) is 5.43 Å². The van der Waals surface area contributed by atoms with Gasteiger partial charge in [0.05, 0.1) is 16.3 Å². The minimum absolute atomic E-state index is 0.173. The maximum absolute atomic E-state index is 12.1. The van der Waals surface area contributed by atoms with Crippen molar-refractivity contribution < 1.29 is 14.3 Å². The lowest BCUT2D eigenvalue weighted by atomic mass is 10.2. The van der Waals surface area contributed by atoms with E-state index in [4.69, 9.17) is 39.5 Å². The number of hydrazone groups is 1. The molecule has 2 amide bonds. The smallest absolute Gasteiger partial charge is 0.240 e. The van der Waals surface area contributed by atoms with Crippen molar-refractivity contribution in [3.63, 3.8) is 0 Å². The molecule has 9 heteroatoms. The molecule has 0 saturated carbocycles. The molecular weight excluding hydrogens is 509 g/mol. The summed E-state index contributed by atoms with van der Waals surface area (Å²) in [6, 6.07) is 17.9. The summed E-state index contributed by atoms with van der Waals surface area (Å²) in [7, 11) is 0. The van der Waals surface area contributed by atoms with E-state index in [2.05, 4.69) is 15.8 Å². The third-order valence-corrected chi connectivity index (χ3v) is 6.15. The predicted molar refractivity (Wildman–Crippen MR) is 142 cm³/mol. The zero-order valence-electron chi connectivity index (χ0n) is 19.0. The normalized spacial score (nSPS) is 10.9. The second-order valence-electron chi connectivity index (χ2n) is 7.72. The third-order valence-electron chi connectivity index (χ3n) is 5.00. The van der Waals surface area contributed by atoms with Crippen molar-refractivity contribution in [2.75, 3.05) is 5.32 Å². The summed E-state index contributed by atoms with van der Waals surface area (Å²) in [5.41, 5.74) is 5.59. The van der Waals surface area contributed by atoms with E-state index in [1.54, 1.807) is 36.4 Å². The van der Waals surface area contributed by atoms with Gasteiger partial charge in [0.2, 0.25) is 11.8 Å². The van der Waals surface area contributed by atoms with Gasteiger partial charge in [-0.1, -0.05) is 59.1 Å². The summed E-state index contributed by atoms with van der Waals surface area (Å²) in [4.78, 5) is 24.2. The number of carbonyl (C=O) groups is 2. The van der Waals surface area contributed by atoms with Crippen molar-refractivity contribution in [1.29, 1.82) is 0 Å². The van der Waals surface area contributed by atoms with Crippen LogP contribution in [0.15, 0.2) is 65.8 Å². The molecule has 0 unspecified atom stereocenters. The molecule has 0 aliphatic carbocycles. The minimum Gasteiger partial charge on any atom is -0.489 e. The molecular formula is C26H24Cl3N3O3. The number of benzene rings is 3. The Hall–Kier alpha value is -3.06. The van der Waals surface area contributed by atoms with Crippen molar-refractivity contribution in [2.45, 2.75) is 32.8 Å². The summed E-state index contributed by atoms with van der Waals surface area (Å²) >= 11 is 18.0. The molecule has 3 rings (SSSR count). The summed E-state index contributed by atoms with van der Waals surface area (Å²) in [5.74, 6) is 0.191. The Morgan fingerprint density at radius 3 is 2.49 bits per heavy atom. The van der Waals surface area contributed by atoms with E-state index in [1.807, 2.05) is 31.2 Å². The molecule has 0 heterocycles. The van der Waals surface area contributed by atoms with Gasteiger partial charge in [0.25, 0.3) is 0 Å². The SMILES string of the molecule is Cc1c(Cl)cccc1NC(=O)CCCC(=O)N/N=C\c1cccc(OCc2ccc(Cl)c(Cl)c2)c1. The predicted octanol–water partition coefficient (Wildman–Crippen LogP) is 6.79. The summed E-state index contributed by atoms with van der Waals surface area (Å²) < 4.78 is 5.79. The number of amides is 2. The van der Waals surface area contributed by atoms with E-state index in [0.717, 1.165) is 16.7 Å². The van der Waals surface area contributed by atoms with E-state index in [9.17, 15) is 9.59 Å². The molecule has 2 N–H and O–H groups in total. The van der Waals surface area contributed by atoms with Gasteiger partial charge in [0.1, 0.15) is 12.4 Å². The monoisotopic (exact) mass is 531 g/mol. The molecule has 35 heavy (non-hydrogen) atoms. The lowest BCUT2D eigenvalue weighted by Crippen LogP contribution is -2.18. The highest BCUT2D eigenvalue weighted by atomic mass is 35.5. The minimum atomic E-state index is -0.278. The summed E-state index contributed by atoms with van der Waals surface area (Å²) in [6.45, 7) is 2.17. The van der Waals surface area contributed by atoms with E-state index < -0.39 is 0 Å². The second kappa shape index (κ2) is 13.1. The zero-order valence-corrected chi connectivity index (χ0v) is 21.3. The van der Waals surface area contributed by atoms with Crippen molar-refractivity contribution in [3.05, 3.63) is 92.4 Å². The van der Waals surface area contributed by atoms with Crippen LogP contribution < -0.4 is 15.5 Å². The standard InChI is InChI=1S/C26H24Cl3N3O3/c1-17-21(27)7-3-8-24(17)31-25(33)9-4-10-26(34)32-30-15-18-5-2-6-20(13-18)35-16-19-11-12-22(28)23(29)14-19/h2-3,5-8,11-15H,4,9-10,16H2,1H3,(H,31,33)(H,32,34)/b30-15-. The van der Waals surface area contributed by atoms with Crippen LogP contribution in [-0.2, 0) is 16.2 Å². The first-order valence-electron chi connectivity index (χ1n) is 10.9. The van der Waals surface area contributed by atoms with Crippen LogP contribution in [0.2, 0.25) is 15.1 Å². The Labute approximate surface area is 219 Å². The summed E-state index contributed by atoms with van der Waals surface area (Å²) in [6.07, 6.45) is 2.30. The van der Waals surface area contributed by atoms with Gasteiger partial charge in [0.15, 0.2) is 0 Å². The largest absolute Gasteiger partial charge is 0.489 e. The average Bonchev–Trinajstić information content (AvgIpc) is 2.83. The molecule has 182 valence electrons. The molecule has 3 aromatic rings. The fourth-order valence-electron chi connectivity index (χ4n) is 3.08. The molecule has 0 saturated heterocycles. The lowest BCUT2D eigenvalue weighted by molar-refractivity contribution is -0.121. The van der Waals surface area contributed by atoms with Crippen LogP contribution in [0, 0.1) is 6.92 Å². The first-order chi connectivity index (χ1) is 16.8. The maximum Gasteiger partial charge on any atom is 0.240 e. The van der Waals surface area contributed by atoms with Gasteiger partial charge in [-0.3, -0.25) is 9.59 Å². The number of carbonyl (C=O) groups excluding carboxylic acids is 2. The lowest BCUT2D eigenvalue weighted by Gasteiger charge is -2.09. The van der Waals surface area contributed by atoms with E-state index in [1.165, 1.54) is 6.21 Å². The van der Waals surface area contributed by atoms with Crippen LogP contribution in [0.5, 0.6) is 5.75 Å². The first-order valence-corrected chi connectivity index (χ1v) is 12.0. The molecule has 0 fully saturated rings. The second-order valence-corrected chi connectivity index (χ2v) is 8.94. The van der Waals surface area contributed by atoms with Crippen molar-refractivity contribution in [3.8, 4) is 5.75 Å². The van der Waals surface area contributed by atoms with Crippen LogP contribution >= 0.6 is 34.8 Å². The van der Waals surface area contributed by atoms with Crippen LogP contribution in [0.4, 0.5) is 5.69 Å². The summed E-state index contributed by atoms with van der Waals surface area (Å²) in [5, 5.41) is 8.35. The molecule has 0 aliphatic heterocycles.